The zero-order valence-electron chi connectivity index (χ0n) is 18.1. The van der Waals surface area contributed by atoms with Crippen LogP contribution in [0.3, 0.4) is 0 Å². The fourth-order valence-electron chi connectivity index (χ4n) is 3.88. The van der Waals surface area contributed by atoms with E-state index in [1.54, 1.807) is 34.9 Å². The van der Waals surface area contributed by atoms with Gasteiger partial charge in [-0.05, 0) is 41.9 Å². The van der Waals surface area contributed by atoms with Gasteiger partial charge in [0.25, 0.3) is 11.8 Å². The number of aromatic nitrogens is 3. The topological polar surface area (TPSA) is 101 Å². The summed E-state index contributed by atoms with van der Waals surface area (Å²) >= 11 is 3.17. The molecule has 1 atom stereocenters. The zero-order chi connectivity index (χ0) is 22.9. The van der Waals surface area contributed by atoms with Crippen molar-refractivity contribution in [2.45, 2.75) is 19.2 Å². The summed E-state index contributed by atoms with van der Waals surface area (Å²) in [6.07, 6.45) is 0. The van der Waals surface area contributed by atoms with Gasteiger partial charge in [0.05, 0.1) is 20.8 Å². The van der Waals surface area contributed by atoms with E-state index >= 15 is 0 Å². The number of carbonyl (C=O) groups is 2. The third kappa shape index (κ3) is 4.23. The maximum absolute atomic E-state index is 13.5. The lowest BCUT2D eigenvalue weighted by atomic mass is 10.1. The highest BCUT2D eigenvalue weighted by atomic mass is 32.2. The summed E-state index contributed by atoms with van der Waals surface area (Å²) < 4.78 is 4.75. The second-order valence-electron chi connectivity index (χ2n) is 7.75. The van der Waals surface area contributed by atoms with Gasteiger partial charge in [0.15, 0.2) is 0 Å². The molecule has 1 fully saturated rings. The van der Waals surface area contributed by atoms with Gasteiger partial charge < -0.3 is 10.2 Å². The van der Waals surface area contributed by atoms with Crippen molar-refractivity contribution >= 4 is 45.9 Å². The molecule has 1 saturated heterocycles. The predicted molar refractivity (Wildman–Crippen MR) is 128 cm³/mol. The Morgan fingerprint density at radius 1 is 1.18 bits per heavy atom. The van der Waals surface area contributed by atoms with Crippen LogP contribution >= 0.6 is 23.1 Å². The van der Waals surface area contributed by atoms with E-state index in [1.807, 2.05) is 32.0 Å². The van der Waals surface area contributed by atoms with Crippen molar-refractivity contribution in [3.8, 4) is 10.4 Å². The normalized spacial score (nSPS) is 15.8. The van der Waals surface area contributed by atoms with Gasteiger partial charge in [0.1, 0.15) is 16.7 Å². The lowest BCUT2D eigenvalue weighted by Gasteiger charge is -2.23. The average molecular weight is 480 g/mol. The number of hydrogen-bond acceptors (Lipinski definition) is 8. The van der Waals surface area contributed by atoms with E-state index in [0.717, 1.165) is 26.8 Å². The molecule has 1 aliphatic rings. The molecule has 10 heteroatoms. The van der Waals surface area contributed by atoms with Gasteiger partial charge in [0.2, 0.25) is 0 Å². The van der Waals surface area contributed by atoms with Crippen LogP contribution in [-0.4, -0.2) is 56.2 Å². The Hall–Kier alpha value is -3.24. The molecule has 4 aromatic rings. The number of rotatable bonds is 5. The van der Waals surface area contributed by atoms with Crippen LogP contribution in [-0.2, 0) is 0 Å². The Kier molecular flexibility index (Phi) is 5.86. The van der Waals surface area contributed by atoms with Crippen molar-refractivity contribution in [2.24, 2.45) is 0 Å². The average Bonchev–Trinajstić information content (AvgIpc) is 3.55. The monoisotopic (exact) mass is 479 g/mol. The lowest BCUT2D eigenvalue weighted by Crippen LogP contribution is -2.42. The first-order valence-electron chi connectivity index (χ1n) is 10.5. The molecule has 0 spiro atoms. The molecule has 5 rings (SSSR count). The molecule has 8 nitrogen and oxygen atoms in total. The van der Waals surface area contributed by atoms with E-state index in [0.29, 0.717) is 35.4 Å². The Morgan fingerprint density at radius 2 is 2.03 bits per heavy atom. The summed E-state index contributed by atoms with van der Waals surface area (Å²) in [5, 5.41) is 11.2. The van der Waals surface area contributed by atoms with Crippen LogP contribution < -0.4 is 5.32 Å². The first-order chi connectivity index (χ1) is 16.0. The highest BCUT2D eigenvalue weighted by Gasteiger charge is 2.33. The van der Waals surface area contributed by atoms with Gasteiger partial charge >= 0.3 is 0 Å². The van der Waals surface area contributed by atoms with Crippen LogP contribution in [0.1, 0.15) is 31.4 Å². The van der Waals surface area contributed by atoms with E-state index in [4.69, 9.17) is 4.63 Å². The molecular weight excluding hydrogens is 458 g/mol. The number of hydrogen-bond donors (Lipinski definition) is 1. The van der Waals surface area contributed by atoms with E-state index in [2.05, 4.69) is 26.7 Å². The minimum Gasteiger partial charge on any atom is -0.349 e. The molecule has 33 heavy (non-hydrogen) atoms. The minimum atomic E-state index is -0.277. The molecule has 0 radical (unpaired) electrons. The number of amides is 2. The number of carbonyl (C=O) groups excluding carboxylic acids is 2. The molecular formula is C23H21N5O3S2. The van der Waals surface area contributed by atoms with Crippen LogP contribution in [0.5, 0.6) is 0 Å². The molecule has 168 valence electrons. The highest BCUT2D eigenvalue weighted by Crippen LogP contribution is 2.34. The molecule has 0 saturated carbocycles. The summed E-state index contributed by atoms with van der Waals surface area (Å²) in [5.74, 6) is 0.418. The van der Waals surface area contributed by atoms with Crippen LogP contribution in [0.2, 0.25) is 0 Å². The van der Waals surface area contributed by atoms with E-state index in [-0.39, 0.29) is 17.2 Å². The number of nitrogens with one attached hydrogen (secondary N) is 1. The van der Waals surface area contributed by atoms with Gasteiger partial charge in [-0.1, -0.05) is 35.9 Å². The van der Waals surface area contributed by atoms with Crippen molar-refractivity contribution in [3.63, 3.8) is 0 Å². The summed E-state index contributed by atoms with van der Waals surface area (Å²) in [6, 6.07) is 13.2. The molecule has 0 aliphatic carbocycles. The van der Waals surface area contributed by atoms with Crippen molar-refractivity contribution in [1.82, 2.24) is 25.5 Å². The fourth-order valence-corrected chi connectivity index (χ4v) is 5.94. The minimum absolute atomic E-state index is 0.108. The molecule has 1 aliphatic heterocycles. The predicted octanol–water partition coefficient (Wildman–Crippen LogP) is 3.91. The summed E-state index contributed by atoms with van der Waals surface area (Å²) in [5.41, 5.74) is 3.94. The number of thiazole rings is 1. The Bertz CT molecular complexity index is 1350. The van der Waals surface area contributed by atoms with E-state index in [1.165, 1.54) is 11.3 Å². The second kappa shape index (κ2) is 8.95. The van der Waals surface area contributed by atoms with Crippen LogP contribution in [0, 0.1) is 13.8 Å². The third-order valence-electron chi connectivity index (χ3n) is 5.44. The quantitative estimate of drug-likeness (QED) is 0.463. The second-order valence-corrected chi connectivity index (χ2v) is 10.2. The number of fused-ring (bicyclic) bond motifs is 1. The number of nitrogens with zero attached hydrogens (tertiary/aromatic N) is 4. The molecule has 0 bridgehead atoms. The van der Waals surface area contributed by atoms with Crippen molar-refractivity contribution in [2.75, 3.05) is 18.8 Å². The number of benzene rings is 2. The molecule has 3 heterocycles. The molecule has 1 unspecified atom stereocenters. The third-order valence-corrected chi connectivity index (χ3v) is 7.68. The maximum atomic E-state index is 13.5. The molecule has 1 N–H and O–H groups in total. The van der Waals surface area contributed by atoms with Gasteiger partial charge in [-0.3, -0.25) is 9.59 Å². The fraction of sp³-hybridized carbons (Fsp3) is 0.261. The molecule has 2 aromatic heterocycles. The van der Waals surface area contributed by atoms with Crippen LogP contribution in [0.25, 0.3) is 21.5 Å². The highest BCUT2D eigenvalue weighted by molar-refractivity contribution is 8.00. The Labute approximate surface area is 198 Å². The number of aryl methyl sites for hydroxylation is 2. The van der Waals surface area contributed by atoms with Crippen molar-refractivity contribution < 1.29 is 14.2 Å². The maximum Gasteiger partial charge on any atom is 0.274 e. The molecule has 2 amide bonds. The zero-order valence-corrected chi connectivity index (χ0v) is 19.7. The van der Waals surface area contributed by atoms with Gasteiger partial charge in [-0.2, -0.15) is 0 Å². The number of thioether (sulfide) groups is 1. The summed E-state index contributed by atoms with van der Waals surface area (Å²) in [6.45, 7) is 4.87. The van der Waals surface area contributed by atoms with Crippen LogP contribution in [0.4, 0.5) is 0 Å². The van der Waals surface area contributed by atoms with Gasteiger partial charge in [0, 0.05) is 18.8 Å². The smallest absolute Gasteiger partial charge is 0.274 e. The summed E-state index contributed by atoms with van der Waals surface area (Å²) in [7, 11) is 0. The van der Waals surface area contributed by atoms with Crippen molar-refractivity contribution in [1.29, 1.82) is 0 Å². The van der Waals surface area contributed by atoms with E-state index < -0.39 is 0 Å². The van der Waals surface area contributed by atoms with Crippen LogP contribution in [0.15, 0.2) is 47.1 Å². The Balaban J connectivity index is 1.34. The first-order valence-corrected chi connectivity index (χ1v) is 12.3. The Morgan fingerprint density at radius 3 is 2.88 bits per heavy atom. The SMILES string of the molecule is Cc1cccc(-c2sc(C)nc2C(=O)N2CCSC2CNC(=O)c2cccc3nonc23)c1. The van der Waals surface area contributed by atoms with Gasteiger partial charge in [-0.25, -0.2) is 9.61 Å². The standard InChI is InChI=1S/C23H21N5O3S2/c1-13-5-3-6-15(11-13)21-20(25-14(2)33-21)23(30)28-9-10-32-18(28)12-24-22(29)16-7-4-8-17-19(16)27-31-26-17/h3-8,11,18H,9-10,12H2,1-2H3,(H,24,29). The first kappa shape index (κ1) is 21.6. The van der Waals surface area contributed by atoms with Crippen molar-refractivity contribution in [3.05, 3.63) is 64.3 Å². The largest absolute Gasteiger partial charge is 0.349 e. The summed E-state index contributed by atoms with van der Waals surface area (Å²) in [4.78, 5) is 33.6. The van der Waals surface area contributed by atoms with Gasteiger partial charge in [-0.15, -0.1) is 23.1 Å². The lowest BCUT2D eigenvalue weighted by molar-refractivity contribution is 0.0747. The molecule has 2 aromatic carbocycles. The van der Waals surface area contributed by atoms with E-state index in [9.17, 15) is 9.59 Å².